The SMILES string of the molecule is CCOc1ccc2[nH]c(=O)c(C(c3nnnn3C3CCCCC3)N3CCN(c4cccc(C)c4C)CC3)cc2c1. The molecule has 2 fully saturated rings. The van der Waals surface area contributed by atoms with Crippen LogP contribution in [0, 0.1) is 13.8 Å². The quantitative estimate of drug-likeness (QED) is 0.354. The van der Waals surface area contributed by atoms with Crippen LogP contribution in [0.3, 0.4) is 0 Å². The third kappa shape index (κ3) is 5.10. The molecule has 2 aromatic heterocycles. The maximum absolute atomic E-state index is 13.7. The Hall–Kier alpha value is -3.72. The summed E-state index contributed by atoms with van der Waals surface area (Å²) in [5.41, 5.74) is 5.28. The Morgan fingerprint density at radius 2 is 1.82 bits per heavy atom. The predicted octanol–water partition coefficient (Wildman–Crippen LogP) is 4.95. The summed E-state index contributed by atoms with van der Waals surface area (Å²) in [4.78, 5) is 21.6. The van der Waals surface area contributed by atoms with Gasteiger partial charge >= 0.3 is 0 Å². The van der Waals surface area contributed by atoms with Crippen LogP contribution in [0.4, 0.5) is 5.69 Å². The highest BCUT2D eigenvalue weighted by molar-refractivity contribution is 5.80. The zero-order chi connectivity index (χ0) is 27.6. The number of nitrogens with zero attached hydrogens (tertiary/aromatic N) is 6. The number of fused-ring (bicyclic) bond motifs is 1. The van der Waals surface area contributed by atoms with Crippen LogP contribution in [-0.4, -0.2) is 62.9 Å². The first-order chi connectivity index (χ1) is 19.5. The molecular formula is C31H39N7O2. The molecule has 0 bridgehead atoms. The molecule has 210 valence electrons. The Balaban J connectivity index is 1.39. The summed E-state index contributed by atoms with van der Waals surface area (Å²) in [6.45, 7) is 10.3. The van der Waals surface area contributed by atoms with Crippen molar-refractivity contribution in [1.82, 2.24) is 30.1 Å². The zero-order valence-electron chi connectivity index (χ0n) is 23.8. The van der Waals surface area contributed by atoms with Gasteiger partial charge in [-0.05, 0) is 85.5 Å². The van der Waals surface area contributed by atoms with Crippen molar-refractivity contribution in [3.63, 3.8) is 0 Å². The van der Waals surface area contributed by atoms with Crippen LogP contribution in [0.25, 0.3) is 10.9 Å². The Morgan fingerprint density at radius 1 is 1.02 bits per heavy atom. The first-order valence-electron chi connectivity index (χ1n) is 14.7. The number of rotatable bonds is 7. The van der Waals surface area contributed by atoms with Gasteiger partial charge in [-0.15, -0.1) is 5.10 Å². The second-order valence-electron chi connectivity index (χ2n) is 11.2. The van der Waals surface area contributed by atoms with Crippen LogP contribution in [-0.2, 0) is 0 Å². The Bertz CT molecular complexity index is 1530. The number of piperazine rings is 1. The smallest absolute Gasteiger partial charge is 0.253 e. The molecule has 40 heavy (non-hydrogen) atoms. The average molecular weight is 542 g/mol. The third-order valence-corrected chi connectivity index (χ3v) is 8.73. The molecule has 9 nitrogen and oxygen atoms in total. The molecule has 3 heterocycles. The molecule has 1 aliphatic heterocycles. The number of nitrogens with one attached hydrogen (secondary N) is 1. The number of ether oxygens (including phenoxy) is 1. The first-order valence-corrected chi connectivity index (χ1v) is 14.7. The maximum atomic E-state index is 13.7. The highest BCUT2D eigenvalue weighted by Gasteiger charge is 2.34. The predicted molar refractivity (Wildman–Crippen MR) is 157 cm³/mol. The van der Waals surface area contributed by atoms with E-state index in [1.54, 1.807) is 0 Å². The summed E-state index contributed by atoms with van der Waals surface area (Å²) in [7, 11) is 0. The van der Waals surface area contributed by atoms with E-state index in [2.05, 4.69) is 62.4 Å². The van der Waals surface area contributed by atoms with Gasteiger partial charge in [-0.1, -0.05) is 31.4 Å². The van der Waals surface area contributed by atoms with E-state index in [9.17, 15) is 4.79 Å². The second-order valence-corrected chi connectivity index (χ2v) is 11.2. The average Bonchev–Trinajstić information content (AvgIpc) is 3.46. The van der Waals surface area contributed by atoms with Gasteiger partial charge in [-0.25, -0.2) is 4.68 Å². The van der Waals surface area contributed by atoms with Gasteiger partial charge < -0.3 is 14.6 Å². The van der Waals surface area contributed by atoms with Crippen molar-refractivity contribution in [2.24, 2.45) is 0 Å². The van der Waals surface area contributed by atoms with Crippen LogP contribution in [0.1, 0.15) is 73.6 Å². The summed E-state index contributed by atoms with van der Waals surface area (Å²) in [5, 5.41) is 14.2. The molecule has 2 aliphatic rings. The monoisotopic (exact) mass is 541 g/mol. The van der Waals surface area contributed by atoms with Gasteiger partial charge in [-0.2, -0.15) is 0 Å². The lowest BCUT2D eigenvalue weighted by Crippen LogP contribution is -2.49. The molecule has 0 amide bonds. The summed E-state index contributed by atoms with van der Waals surface area (Å²) in [6, 6.07) is 14.3. The van der Waals surface area contributed by atoms with Crippen molar-refractivity contribution in [3.05, 3.63) is 75.3 Å². The molecule has 0 radical (unpaired) electrons. The van der Waals surface area contributed by atoms with Crippen molar-refractivity contribution < 1.29 is 4.74 Å². The normalized spacial score (nSPS) is 17.8. The Morgan fingerprint density at radius 3 is 2.60 bits per heavy atom. The lowest BCUT2D eigenvalue weighted by molar-refractivity contribution is 0.192. The summed E-state index contributed by atoms with van der Waals surface area (Å²) < 4.78 is 7.77. The molecule has 0 spiro atoms. The molecule has 4 aromatic rings. The number of hydrogen-bond acceptors (Lipinski definition) is 7. The molecule has 1 unspecified atom stereocenters. The van der Waals surface area contributed by atoms with Gasteiger partial charge in [-0.3, -0.25) is 9.69 Å². The number of hydrogen-bond donors (Lipinski definition) is 1. The van der Waals surface area contributed by atoms with Crippen LogP contribution < -0.4 is 15.2 Å². The lowest BCUT2D eigenvalue weighted by Gasteiger charge is -2.40. The van der Waals surface area contributed by atoms with Crippen molar-refractivity contribution in [1.29, 1.82) is 0 Å². The van der Waals surface area contributed by atoms with Gasteiger partial charge in [0.25, 0.3) is 5.56 Å². The molecule has 9 heteroatoms. The highest BCUT2D eigenvalue weighted by Crippen LogP contribution is 2.34. The van der Waals surface area contributed by atoms with Gasteiger partial charge in [0.1, 0.15) is 11.8 Å². The molecule has 1 aliphatic carbocycles. The van der Waals surface area contributed by atoms with Gasteiger partial charge in [0, 0.05) is 48.3 Å². The number of benzene rings is 2. The fraction of sp³-hybridized carbons (Fsp3) is 0.484. The van der Waals surface area contributed by atoms with Crippen molar-refractivity contribution in [3.8, 4) is 5.75 Å². The first kappa shape index (κ1) is 26.5. The third-order valence-electron chi connectivity index (χ3n) is 8.73. The van der Waals surface area contributed by atoms with E-state index in [0.717, 1.165) is 61.5 Å². The molecular weight excluding hydrogens is 502 g/mol. The molecule has 6 rings (SSSR count). The van der Waals surface area contributed by atoms with Gasteiger partial charge in [0.05, 0.1) is 12.6 Å². The number of H-pyrrole nitrogens is 1. The van der Waals surface area contributed by atoms with Gasteiger partial charge in [0.2, 0.25) is 0 Å². The summed E-state index contributed by atoms with van der Waals surface area (Å²) >= 11 is 0. The van der Waals surface area contributed by atoms with Crippen LogP contribution in [0.15, 0.2) is 47.3 Å². The highest BCUT2D eigenvalue weighted by atomic mass is 16.5. The molecule has 2 aromatic carbocycles. The molecule has 1 saturated carbocycles. The number of pyridine rings is 1. The second kappa shape index (κ2) is 11.4. The largest absolute Gasteiger partial charge is 0.494 e. The van der Waals surface area contributed by atoms with Crippen LogP contribution >= 0.6 is 0 Å². The van der Waals surface area contributed by atoms with E-state index < -0.39 is 0 Å². The van der Waals surface area contributed by atoms with E-state index in [4.69, 9.17) is 4.74 Å². The molecule has 1 N–H and O–H groups in total. The number of tetrazole rings is 1. The van der Waals surface area contributed by atoms with Crippen LogP contribution in [0.5, 0.6) is 5.75 Å². The minimum Gasteiger partial charge on any atom is -0.494 e. The van der Waals surface area contributed by atoms with E-state index in [-0.39, 0.29) is 17.6 Å². The number of aryl methyl sites for hydroxylation is 1. The maximum Gasteiger partial charge on any atom is 0.253 e. The molecule has 1 saturated heterocycles. The van der Waals surface area contributed by atoms with Crippen molar-refractivity contribution in [2.75, 3.05) is 37.7 Å². The van der Waals surface area contributed by atoms with Gasteiger partial charge in [0.15, 0.2) is 5.82 Å². The lowest BCUT2D eigenvalue weighted by atomic mass is 9.95. The zero-order valence-corrected chi connectivity index (χ0v) is 23.8. The van der Waals surface area contributed by atoms with E-state index in [1.165, 1.54) is 36.1 Å². The Kier molecular flexibility index (Phi) is 7.56. The summed E-state index contributed by atoms with van der Waals surface area (Å²) in [6.07, 6.45) is 5.75. The summed E-state index contributed by atoms with van der Waals surface area (Å²) in [5.74, 6) is 1.55. The minimum atomic E-state index is -0.346. The van der Waals surface area contributed by atoms with Crippen LogP contribution in [0.2, 0.25) is 0 Å². The van der Waals surface area contributed by atoms with Crippen molar-refractivity contribution >= 4 is 16.6 Å². The fourth-order valence-corrected chi connectivity index (χ4v) is 6.43. The van der Waals surface area contributed by atoms with E-state index >= 15 is 0 Å². The number of aromatic amines is 1. The minimum absolute atomic E-state index is 0.100. The standard InChI is InChI=1S/C31H39N7O2/c1-4-40-25-13-14-27-23(19-25)20-26(31(39)32-27)29(30-33-34-35-38(30)24-10-6-5-7-11-24)37-17-15-36(16-18-37)28-12-8-9-21(2)22(28)3/h8-9,12-14,19-20,24,29H,4-7,10-11,15-18H2,1-3H3,(H,32,39). The molecule has 1 atom stereocenters. The van der Waals surface area contributed by atoms with Crippen molar-refractivity contribution in [2.45, 2.75) is 65.0 Å². The topological polar surface area (TPSA) is 92.2 Å². The number of aromatic nitrogens is 5. The Labute approximate surface area is 235 Å². The van der Waals surface area contributed by atoms with E-state index in [0.29, 0.717) is 12.2 Å². The number of anilines is 1. The fourth-order valence-electron chi connectivity index (χ4n) is 6.43. The van der Waals surface area contributed by atoms with E-state index in [1.807, 2.05) is 35.9 Å².